The van der Waals surface area contributed by atoms with E-state index in [-0.39, 0.29) is 58.8 Å². The Balaban J connectivity index is 0.928. The van der Waals surface area contributed by atoms with Gasteiger partial charge in [-0.3, -0.25) is 24.5 Å². The molecule has 326 valence electrons. The Kier molecular flexibility index (Phi) is 12.5. The molecule has 2 saturated heterocycles. The number of halogens is 3. The summed E-state index contributed by atoms with van der Waals surface area (Å²) >= 11 is 6.68. The van der Waals surface area contributed by atoms with Crippen molar-refractivity contribution in [3.63, 3.8) is 0 Å². The lowest BCUT2D eigenvalue weighted by molar-refractivity contribution is -0.120. The minimum Gasteiger partial charge on any atom is -0.488 e. The van der Waals surface area contributed by atoms with Crippen molar-refractivity contribution in [2.24, 2.45) is 12.8 Å². The summed E-state index contributed by atoms with van der Waals surface area (Å²) in [5.41, 5.74) is 7.62. The Bertz CT molecular complexity index is 2510. The molecule has 3 aliphatic heterocycles. The fraction of sp³-hybridized carbons (Fsp3) is 0.391. The number of nitrogens with one attached hydrogen (secondary N) is 2. The predicted octanol–water partition coefficient (Wildman–Crippen LogP) is 6.73. The van der Waals surface area contributed by atoms with Gasteiger partial charge in [0.1, 0.15) is 18.2 Å². The van der Waals surface area contributed by atoms with Crippen LogP contribution in [0, 0.1) is 11.6 Å². The number of primary amides is 1. The lowest BCUT2D eigenvalue weighted by Crippen LogP contribution is -2.49. The van der Waals surface area contributed by atoms with E-state index in [1.807, 2.05) is 61.1 Å². The van der Waals surface area contributed by atoms with Crippen LogP contribution in [0.1, 0.15) is 77.9 Å². The van der Waals surface area contributed by atoms with Gasteiger partial charge in [0, 0.05) is 60.6 Å². The van der Waals surface area contributed by atoms with Crippen molar-refractivity contribution in [3.8, 4) is 22.6 Å². The molecular weight excluding hydrogens is 820 g/mol. The number of likely N-dealkylation sites (tertiary alicyclic amines) is 1. The Hall–Kier alpha value is -5.61. The number of hydrogen-bond acceptors (Lipinski definition) is 9. The number of urea groups is 1. The van der Waals surface area contributed by atoms with E-state index in [1.165, 1.54) is 23.8 Å². The van der Waals surface area contributed by atoms with E-state index in [0.29, 0.717) is 36.9 Å². The highest BCUT2D eigenvalue weighted by Gasteiger charge is 2.50. The summed E-state index contributed by atoms with van der Waals surface area (Å²) in [6.07, 6.45) is 4.06. The lowest BCUT2D eigenvalue weighted by Gasteiger charge is -2.34. The van der Waals surface area contributed by atoms with E-state index in [0.717, 1.165) is 61.8 Å². The number of aliphatic hydroxyl groups excluding tert-OH is 1. The molecule has 2 atom stereocenters. The van der Waals surface area contributed by atoms with E-state index < -0.39 is 35.1 Å². The fourth-order valence-corrected chi connectivity index (χ4v) is 9.71. The second kappa shape index (κ2) is 18.0. The van der Waals surface area contributed by atoms with Crippen LogP contribution < -0.4 is 30.7 Å². The number of fused-ring (bicyclic) bond motifs is 2. The molecule has 8 rings (SSSR count). The largest absolute Gasteiger partial charge is 0.488 e. The standard InChI is InChI=1S/C46H50ClF2N7O6/c1-27-37-35(25-33(48)40(47)39(37)38-31(43(50)59)13-14-34(41(38)49)61-24-23-57)62-46(27,29-9-4-3-5-10-29)26-51-18-6-7-19-55-20-15-28(16-21-55)30-11-8-12-32-42(30)54(2)53-44(32)56-22-17-36(58)52-45(56)60/h3-5,8-14,25,27-28,51,57H,6-7,15-24,26H2,1-2H3,(H2,50,59)(H,52,58,60). The number of aryl methyl sites for hydroxylation is 1. The first-order valence-electron chi connectivity index (χ1n) is 21.1. The van der Waals surface area contributed by atoms with Gasteiger partial charge in [0.25, 0.3) is 0 Å². The molecule has 0 aliphatic carbocycles. The monoisotopic (exact) mass is 869 g/mol. The molecular formula is C46H50ClF2N7O6. The molecule has 3 aliphatic rings. The summed E-state index contributed by atoms with van der Waals surface area (Å²) in [6.45, 7) is 5.49. The van der Waals surface area contributed by atoms with Crippen molar-refractivity contribution in [2.75, 3.05) is 57.4 Å². The van der Waals surface area contributed by atoms with E-state index in [2.05, 4.69) is 21.6 Å². The summed E-state index contributed by atoms with van der Waals surface area (Å²) in [4.78, 5) is 41.1. The Labute approximate surface area is 363 Å². The molecule has 2 fully saturated rings. The molecule has 13 nitrogen and oxygen atoms in total. The van der Waals surface area contributed by atoms with Crippen LogP contribution in [-0.2, 0) is 17.4 Å². The van der Waals surface area contributed by atoms with Gasteiger partial charge in [-0.15, -0.1) is 0 Å². The van der Waals surface area contributed by atoms with Gasteiger partial charge >= 0.3 is 6.03 Å². The van der Waals surface area contributed by atoms with Gasteiger partial charge in [-0.05, 0) is 87.1 Å². The first-order chi connectivity index (χ1) is 29.9. The molecule has 0 bridgehead atoms. The van der Waals surface area contributed by atoms with Gasteiger partial charge in [0.15, 0.2) is 23.0 Å². The quantitative estimate of drug-likeness (QED) is 0.0836. The Morgan fingerprint density at radius 2 is 1.84 bits per heavy atom. The third-order valence-corrected chi connectivity index (χ3v) is 12.9. The van der Waals surface area contributed by atoms with E-state index in [4.69, 9.17) is 31.9 Å². The Morgan fingerprint density at radius 1 is 1.06 bits per heavy atom. The smallest absolute Gasteiger partial charge is 0.329 e. The van der Waals surface area contributed by atoms with Gasteiger partial charge in [-0.25, -0.2) is 13.6 Å². The number of para-hydroxylation sites is 1. The average molecular weight is 870 g/mol. The van der Waals surface area contributed by atoms with Crippen molar-refractivity contribution in [1.29, 1.82) is 0 Å². The topological polar surface area (TPSA) is 164 Å². The molecule has 16 heteroatoms. The lowest BCUT2D eigenvalue weighted by atomic mass is 9.77. The number of unbranched alkanes of at least 4 members (excludes halogenated alkanes) is 1. The molecule has 0 saturated carbocycles. The molecule has 4 amide bonds. The molecule has 4 aromatic carbocycles. The van der Waals surface area contributed by atoms with Crippen molar-refractivity contribution in [3.05, 3.63) is 106 Å². The van der Waals surface area contributed by atoms with Crippen molar-refractivity contribution in [1.82, 2.24) is 25.3 Å². The summed E-state index contributed by atoms with van der Waals surface area (Å²) in [5.74, 6) is -2.70. The van der Waals surface area contributed by atoms with Crippen molar-refractivity contribution < 1.29 is 37.7 Å². The number of amides is 4. The number of rotatable bonds is 15. The molecule has 0 radical (unpaired) electrons. The summed E-state index contributed by atoms with van der Waals surface area (Å²) in [7, 11) is 1.90. The molecule has 1 aromatic heterocycles. The van der Waals surface area contributed by atoms with Crippen LogP contribution in [-0.4, -0.2) is 90.1 Å². The number of hydrogen-bond donors (Lipinski definition) is 4. The molecule has 5 N–H and O–H groups in total. The van der Waals surface area contributed by atoms with Crippen LogP contribution in [0.2, 0.25) is 5.02 Å². The zero-order chi connectivity index (χ0) is 43.7. The van der Waals surface area contributed by atoms with Gasteiger partial charge in [-0.1, -0.05) is 61.0 Å². The predicted molar refractivity (Wildman–Crippen MR) is 232 cm³/mol. The number of aromatic nitrogens is 2. The minimum atomic E-state index is -1.05. The number of aliphatic hydroxyl groups is 1. The maximum Gasteiger partial charge on any atom is 0.329 e. The van der Waals surface area contributed by atoms with Gasteiger partial charge in [-0.2, -0.15) is 5.10 Å². The highest BCUT2D eigenvalue weighted by Crippen LogP contribution is 2.56. The number of carbonyl (C=O) groups is 3. The number of carbonyl (C=O) groups excluding carboxylic acids is 3. The van der Waals surface area contributed by atoms with Crippen LogP contribution in [0.3, 0.4) is 0 Å². The Morgan fingerprint density at radius 3 is 2.56 bits per heavy atom. The van der Waals surface area contributed by atoms with Crippen LogP contribution in [0.4, 0.5) is 19.4 Å². The van der Waals surface area contributed by atoms with E-state index in [1.54, 1.807) is 4.90 Å². The highest BCUT2D eigenvalue weighted by molar-refractivity contribution is 6.34. The number of nitrogens with zero attached hydrogens (tertiary/aromatic N) is 4. The van der Waals surface area contributed by atoms with Gasteiger partial charge in [0.2, 0.25) is 11.8 Å². The van der Waals surface area contributed by atoms with Crippen LogP contribution in [0.25, 0.3) is 22.0 Å². The normalized spacial score (nSPS) is 19.5. The second-order valence-corrected chi connectivity index (χ2v) is 16.6. The number of imide groups is 1. The number of anilines is 1. The van der Waals surface area contributed by atoms with Gasteiger partial charge < -0.3 is 30.5 Å². The van der Waals surface area contributed by atoms with Gasteiger partial charge in [0.05, 0.1) is 22.7 Å². The summed E-state index contributed by atoms with van der Waals surface area (Å²) in [5, 5.41) is 20.6. The third-order valence-electron chi connectivity index (χ3n) is 12.6. The first-order valence-corrected chi connectivity index (χ1v) is 21.4. The fourth-order valence-electron chi connectivity index (χ4n) is 9.46. The molecule has 0 spiro atoms. The average Bonchev–Trinajstić information content (AvgIpc) is 3.75. The van der Waals surface area contributed by atoms with Crippen molar-refractivity contribution in [2.45, 2.75) is 56.5 Å². The van der Waals surface area contributed by atoms with Crippen LogP contribution in [0.5, 0.6) is 11.5 Å². The number of ether oxygens (including phenoxy) is 2. The maximum absolute atomic E-state index is 16.4. The van der Waals surface area contributed by atoms with Crippen molar-refractivity contribution >= 4 is 46.2 Å². The second-order valence-electron chi connectivity index (χ2n) is 16.2. The minimum absolute atomic E-state index is 0.0384. The molecule has 2 unspecified atom stereocenters. The highest BCUT2D eigenvalue weighted by atomic mass is 35.5. The zero-order valence-electron chi connectivity index (χ0n) is 34.7. The summed E-state index contributed by atoms with van der Waals surface area (Å²) in [6, 6.07) is 19.0. The number of piperidine rings is 1. The van der Waals surface area contributed by atoms with E-state index in [9.17, 15) is 19.5 Å². The summed E-state index contributed by atoms with van der Waals surface area (Å²) < 4.78 is 46.1. The third kappa shape index (κ3) is 7.98. The molecule has 62 heavy (non-hydrogen) atoms. The number of nitrogens with two attached hydrogens (primary N) is 1. The van der Waals surface area contributed by atoms with Crippen LogP contribution in [0.15, 0.2) is 66.7 Å². The molecule has 4 heterocycles. The zero-order valence-corrected chi connectivity index (χ0v) is 35.4. The number of benzene rings is 4. The SMILES string of the molecule is CC1c2c(cc(F)c(Cl)c2-c2c(C(N)=O)ccc(OCCO)c2F)OC1(CNCCCCN1CCC(c2cccc3c(N4CCC(=O)NC4=O)nn(C)c23)CC1)c1ccccc1. The maximum atomic E-state index is 16.4. The first kappa shape index (κ1) is 43.1. The van der Waals surface area contributed by atoms with Crippen LogP contribution >= 0.6 is 11.6 Å². The van der Waals surface area contributed by atoms with E-state index >= 15 is 8.78 Å². The molecule has 5 aromatic rings.